The molecule has 17 heavy (non-hydrogen) atoms. The van der Waals surface area contributed by atoms with E-state index in [-0.39, 0.29) is 25.6 Å². The second-order valence-corrected chi connectivity index (χ2v) is 3.28. The maximum Gasteiger partial charge on any atom is 0.407 e. The Balaban J connectivity index is 0.00000256. The van der Waals surface area contributed by atoms with Gasteiger partial charge in [-0.05, 0) is 5.56 Å². The number of rotatable bonds is 5. The normalized spacial score (nSPS) is 11.2. The Kier molecular flexibility index (Phi) is 8.13. The van der Waals surface area contributed by atoms with E-state index in [9.17, 15) is 4.79 Å². The molecular formula is C11H17ClN2O3. The molecule has 0 aromatic heterocycles. The number of alkyl carbamates (subject to hydrolysis) is 1. The van der Waals surface area contributed by atoms with Crippen LogP contribution in [-0.2, 0) is 11.3 Å². The zero-order valence-electron chi connectivity index (χ0n) is 9.33. The Morgan fingerprint density at radius 3 is 2.59 bits per heavy atom. The number of aliphatic hydroxyl groups excluding tert-OH is 1. The molecule has 0 aliphatic rings. The Hall–Kier alpha value is -1.30. The summed E-state index contributed by atoms with van der Waals surface area (Å²) in [6.07, 6.45) is -1.22. The van der Waals surface area contributed by atoms with Crippen LogP contribution in [0.5, 0.6) is 0 Å². The molecule has 0 heterocycles. The van der Waals surface area contributed by atoms with Gasteiger partial charge in [0.1, 0.15) is 6.10 Å². The van der Waals surface area contributed by atoms with Crippen molar-refractivity contribution < 1.29 is 14.6 Å². The lowest BCUT2D eigenvalue weighted by molar-refractivity contribution is 0.0621. The quantitative estimate of drug-likeness (QED) is 0.726. The van der Waals surface area contributed by atoms with Crippen molar-refractivity contribution in [2.24, 2.45) is 5.73 Å². The molecule has 0 aliphatic carbocycles. The Morgan fingerprint density at radius 1 is 1.41 bits per heavy atom. The summed E-state index contributed by atoms with van der Waals surface area (Å²) < 4.78 is 4.85. The van der Waals surface area contributed by atoms with Gasteiger partial charge in [-0.15, -0.1) is 12.4 Å². The van der Waals surface area contributed by atoms with E-state index in [2.05, 4.69) is 5.32 Å². The van der Waals surface area contributed by atoms with Crippen LogP contribution in [0.15, 0.2) is 30.3 Å². The number of nitrogens with one attached hydrogen (secondary N) is 1. The van der Waals surface area contributed by atoms with E-state index < -0.39 is 12.2 Å². The highest BCUT2D eigenvalue weighted by Crippen LogP contribution is 1.98. The van der Waals surface area contributed by atoms with E-state index in [1.165, 1.54) is 0 Å². The molecule has 4 N–H and O–H groups in total. The van der Waals surface area contributed by atoms with Gasteiger partial charge in [-0.2, -0.15) is 0 Å². The third-order valence-electron chi connectivity index (χ3n) is 2.02. The first-order chi connectivity index (χ1) is 7.76. The summed E-state index contributed by atoms with van der Waals surface area (Å²) in [7, 11) is 0. The first-order valence-corrected chi connectivity index (χ1v) is 5.05. The number of ether oxygens (including phenoxy) is 1. The van der Waals surface area contributed by atoms with Crippen molar-refractivity contribution >= 4 is 18.5 Å². The van der Waals surface area contributed by atoms with E-state index in [1.807, 2.05) is 30.3 Å². The van der Waals surface area contributed by atoms with Crippen molar-refractivity contribution in [3.63, 3.8) is 0 Å². The summed E-state index contributed by atoms with van der Waals surface area (Å²) in [6.45, 7) is 0.229. The molecule has 1 aromatic carbocycles. The number of carbonyl (C=O) groups is 1. The molecule has 0 fully saturated rings. The second kappa shape index (κ2) is 8.81. The predicted molar refractivity (Wildman–Crippen MR) is 66.9 cm³/mol. The summed E-state index contributed by atoms with van der Waals surface area (Å²) in [5, 5.41) is 11.3. The summed E-state index contributed by atoms with van der Waals surface area (Å²) in [6, 6.07) is 9.47. The first-order valence-electron chi connectivity index (χ1n) is 5.05. The summed E-state index contributed by atoms with van der Waals surface area (Å²) >= 11 is 0. The van der Waals surface area contributed by atoms with Crippen LogP contribution >= 0.6 is 12.4 Å². The summed E-state index contributed by atoms with van der Waals surface area (Å²) in [5.41, 5.74) is 6.25. The number of nitrogens with two attached hydrogens (primary N) is 1. The van der Waals surface area contributed by atoms with E-state index in [0.29, 0.717) is 6.54 Å². The lowest BCUT2D eigenvalue weighted by atomic mass is 10.2. The number of benzene rings is 1. The molecule has 1 amide bonds. The zero-order valence-corrected chi connectivity index (χ0v) is 10.2. The molecule has 1 atom stereocenters. The fourth-order valence-corrected chi connectivity index (χ4v) is 1.12. The average Bonchev–Trinajstić information content (AvgIpc) is 2.34. The smallest absolute Gasteiger partial charge is 0.407 e. The van der Waals surface area contributed by atoms with Gasteiger partial charge in [-0.1, -0.05) is 30.3 Å². The van der Waals surface area contributed by atoms with Crippen molar-refractivity contribution in [1.82, 2.24) is 5.32 Å². The number of carbonyl (C=O) groups excluding carboxylic acids is 1. The van der Waals surface area contributed by atoms with Crippen LogP contribution in [0, 0.1) is 0 Å². The molecule has 0 spiro atoms. The highest BCUT2D eigenvalue weighted by atomic mass is 35.5. The molecule has 0 saturated heterocycles. The van der Waals surface area contributed by atoms with E-state index in [1.54, 1.807) is 0 Å². The van der Waals surface area contributed by atoms with Crippen molar-refractivity contribution in [3.8, 4) is 0 Å². The molecule has 5 nitrogen and oxygen atoms in total. The van der Waals surface area contributed by atoms with Gasteiger partial charge in [0.15, 0.2) is 0 Å². The van der Waals surface area contributed by atoms with Crippen LogP contribution in [0.2, 0.25) is 0 Å². The van der Waals surface area contributed by atoms with Crippen LogP contribution in [0.1, 0.15) is 5.56 Å². The number of halogens is 1. The molecule has 6 heteroatoms. The van der Waals surface area contributed by atoms with Crippen molar-refractivity contribution in [2.75, 3.05) is 13.2 Å². The molecule has 0 radical (unpaired) electrons. The van der Waals surface area contributed by atoms with Crippen LogP contribution < -0.4 is 11.1 Å². The monoisotopic (exact) mass is 260 g/mol. The Labute approximate surface area is 106 Å². The van der Waals surface area contributed by atoms with Gasteiger partial charge in [0.25, 0.3) is 0 Å². The van der Waals surface area contributed by atoms with Crippen molar-refractivity contribution in [3.05, 3.63) is 35.9 Å². The molecule has 0 aliphatic heterocycles. The molecule has 0 unspecified atom stereocenters. The fourth-order valence-electron chi connectivity index (χ4n) is 1.12. The number of aliphatic hydroxyl groups is 1. The molecule has 96 valence electrons. The second-order valence-electron chi connectivity index (χ2n) is 3.28. The molecule has 0 saturated carbocycles. The van der Waals surface area contributed by atoms with Gasteiger partial charge < -0.3 is 20.9 Å². The summed E-state index contributed by atoms with van der Waals surface area (Å²) in [4.78, 5) is 11.2. The lowest BCUT2D eigenvalue weighted by Gasteiger charge is -2.13. The maximum absolute atomic E-state index is 11.2. The lowest BCUT2D eigenvalue weighted by Crippen LogP contribution is -2.34. The Bertz CT molecular complexity index is 318. The van der Waals surface area contributed by atoms with Gasteiger partial charge in [0.2, 0.25) is 0 Å². The van der Waals surface area contributed by atoms with E-state index in [4.69, 9.17) is 15.6 Å². The van der Waals surface area contributed by atoms with Crippen LogP contribution in [0.3, 0.4) is 0 Å². The summed E-state index contributed by atoms with van der Waals surface area (Å²) in [5.74, 6) is 0. The highest BCUT2D eigenvalue weighted by molar-refractivity contribution is 5.85. The van der Waals surface area contributed by atoms with Crippen LogP contribution in [0.25, 0.3) is 0 Å². The molecule has 0 bridgehead atoms. The minimum Gasteiger partial charge on any atom is -0.442 e. The SMILES string of the molecule is Cl.NC[C@H](CO)OC(=O)NCc1ccccc1. The van der Waals surface area contributed by atoms with E-state index in [0.717, 1.165) is 5.56 Å². The predicted octanol–water partition coefficient (Wildman–Crippen LogP) is 0.654. The standard InChI is InChI=1S/C11H16N2O3.ClH/c12-6-10(8-14)16-11(15)13-7-9-4-2-1-3-5-9;/h1-5,10,14H,6-8,12H2,(H,13,15);1H/t10-;/m1./s1. The highest BCUT2D eigenvalue weighted by Gasteiger charge is 2.10. The third-order valence-corrected chi connectivity index (χ3v) is 2.02. The van der Waals surface area contributed by atoms with Crippen molar-refractivity contribution in [1.29, 1.82) is 0 Å². The van der Waals surface area contributed by atoms with Crippen molar-refractivity contribution in [2.45, 2.75) is 12.6 Å². The van der Waals surface area contributed by atoms with Gasteiger partial charge >= 0.3 is 6.09 Å². The molecule has 1 rings (SSSR count). The minimum absolute atomic E-state index is 0. The largest absolute Gasteiger partial charge is 0.442 e. The molecule has 1 aromatic rings. The average molecular weight is 261 g/mol. The fraction of sp³-hybridized carbons (Fsp3) is 0.364. The van der Waals surface area contributed by atoms with Crippen LogP contribution in [0.4, 0.5) is 4.79 Å². The van der Waals surface area contributed by atoms with Crippen LogP contribution in [-0.4, -0.2) is 30.5 Å². The first kappa shape index (κ1) is 15.7. The minimum atomic E-state index is -0.643. The van der Waals surface area contributed by atoms with E-state index >= 15 is 0 Å². The van der Waals surface area contributed by atoms with Gasteiger partial charge in [0.05, 0.1) is 6.61 Å². The number of amides is 1. The van der Waals surface area contributed by atoms with Gasteiger partial charge in [0, 0.05) is 13.1 Å². The number of hydrogen-bond donors (Lipinski definition) is 3. The maximum atomic E-state index is 11.2. The van der Waals surface area contributed by atoms with Gasteiger partial charge in [-0.25, -0.2) is 4.79 Å². The Morgan fingerprint density at radius 2 is 2.06 bits per heavy atom. The van der Waals surface area contributed by atoms with Gasteiger partial charge in [-0.3, -0.25) is 0 Å². The zero-order chi connectivity index (χ0) is 11.8. The third kappa shape index (κ3) is 6.11. The molecular weight excluding hydrogens is 244 g/mol. The topological polar surface area (TPSA) is 84.6 Å². The number of hydrogen-bond acceptors (Lipinski definition) is 4.